The van der Waals surface area contributed by atoms with Crippen LogP contribution in [-0.2, 0) is 0 Å². The number of halogens is 2. The average Bonchev–Trinajstić information content (AvgIpc) is 2.34. The number of rotatable bonds is 0. The van der Waals surface area contributed by atoms with Crippen molar-refractivity contribution in [2.24, 2.45) is 5.41 Å². The number of aromatic hydroxyl groups is 2. The first kappa shape index (κ1) is 14.9. The lowest BCUT2D eigenvalue weighted by atomic mass is 9.76. The Morgan fingerprint density at radius 2 is 1.40 bits per heavy atom. The van der Waals surface area contributed by atoms with Gasteiger partial charge in [-0.25, -0.2) is 0 Å². The Morgan fingerprint density at radius 3 is 1.85 bits per heavy atom. The highest BCUT2D eigenvalue weighted by Gasteiger charge is 2.38. The molecular weight excluding hydrogens is 303 g/mol. The summed E-state index contributed by atoms with van der Waals surface area (Å²) in [4.78, 5) is 24.6. The van der Waals surface area contributed by atoms with Crippen LogP contribution in [0.15, 0.2) is 11.6 Å². The highest BCUT2D eigenvalue weighted by Crippen LogP contribution is 2.47. The fraction of sp³-hybridized carbons (Fsp3) is 0.286. The van der Waals surface area contributed by atoms with Gasteiger partial charge in [0.15, 0.2) is 11.6 Å². The number of carbonyl (C=O) groups excluding carboxylic acids is 2. The van der Waals surface area contributed by atoms with Gasteiger partial charge in [-0.05, 0) is 11.5 Å². The van der Waals surface area contributed by atoms with E-state index in [0.717, 1.165) is 6.08 Å². The molecule has 4 nitrogen and oxygen atoms in total. The molecule has 0 heterocycles. The van der Waals surface area contributed by atoms with Gasteiger partial charge in [0.25, 0.3) is 0 Å². The lowest BCUT2D eigenvalue weighted by molar-refractivity contribution is 0.0962. The Balaban J connectivity index is 2.84. The highest BCUT2D eigenvalue weighted by atomic mass is 35.5. The summed E-state index contributed by atoms with van der Waals surface area (Å²) in [5, 5.41) is 19.2. The van der Waals surface area contributed by atoms with E-state index in [0.29, 0.717) is 0 Å². The molecule has 20 heavy (non-hydrogen) atoms. The topological polar surface area (TPSA) is 74.6 Å². The predicted octanol–water partition coefficient (Wildman–Crippen LogP) is 3.76. The maximum Gasteiger partial charge on any atom is 0.194 e. The van der Waals surface area contributed by atoms with Gasteiger partial charge in [0.1, 0.15) is 21.5 Å². The molecule has 0 amide bonds. The van der Waals surface area contributed by atoms with Crippen LogP contribution in [0.4, 0.5) is 0 Å². The summed E-state index contributed by atoms with van der Waals surface area (Å²) < 4.78 is 0. The summed E-state index contributed by atoms with van der Waals surface area (Å²) in [6.07, 6.45) is 1.16. The van der Waals surface area contributed by atoms with Crippen LogP contribution in [0.1, 0.15) is 41.5 Å². The summed E-state index contributed by atoms with van der Waals surface area (Å²) in [5.74, 6) is -2.31. The monoisotopic (exact) mass is 314 g/mol. The molecule has 2 N–H and O–H groups in total. The predicted molar refractivity (Wildman–Crippen MR) is 76.0 cm³/mol. The smallest absolute Gasteiger partial charge is 0.194 e. The van der Waals surface area contributed by atoms with Gasteiger partial charge in [-0.2, -0.15) is 0 Å². The Kier molecular flexibility index (Phi) is 3.35. The number of ketones is 2. The van der Waals surface area contributed by atoms with Gasteiger partial charge in [0, 0.05) is 5.57 Å². The molecule has 106 valence electrons. The van der Waals surface area contributed by atoms with Crippen molar-refractivity contribution in [1.29, 1.82) is 0 Å². The number of phenols is 2. The Labute approximate surface area is 125 Å². The van der Waals surface area contributed by atoms with Gasteiger partial charge < -0.3 is 10.2 Å². The van der Waals surface area contributed by atoms with Crippen LogP contribution in [0.2, 0.25) is 10.0 Å². The van der Waals surface area contributed by atoms with Crippen molar-refractivity contribution in [2.45, 2.75) is 20.8 Å². The van der Waals surface area contributed by atoms with Gasteiger partial charge in [-0.15, -0.1) is 0 Å². The van der Waals surface area contributed by atoms with Gasteiger partial charge >= 0.3 is 0 Å². The second-order valence-corrected chi connectivity index (χ2v) is 6.33. The maximum absolute atomic E-state index is 12.5. The zero-order chi connectivity index (χ0) is 15.4. The molecule has 0 saturated heterocycles. The second kappa shape index (κ2) is 4.50. The van der Waals surface area contributed by atoms with Gasteiger partial charge in [-0.1, -0.05) is 44.0 Å². The lowest BCUT2D eigenvalue weighted by Gasteiger charge is -2.26. The lowest BCUT2D eigenvalue weighted by Crippen LogP contribution is -2.25. The quantitative estimate of drug-likeness (QED) is 0.715. The molecule has 0 aliphatic heterocycles. The van der Waals surface area contributed by atoms with Crippen molar-refractivity contribution in [1.82, 2.24) is 0 Å². The van der Waals surface area contributed by atoms with Crippen LogP contribution < -0.4 is 0 Å². The SMILES string of the molecule is CC(C)(C)C1=CC(=O)c2c(O)c(Cl)c(Cl)c(O)c2C1=O. The van der Waals surface area contributed by atoms with E-state index < -0.39 is 28.5 Å². The van der Waals surface area contributed by atoms with E-state index >= 15 is 0 Å². The first-order chi connectivity index (χ1) is 9.07. The Bertz CT molecular complexity index is 682. The van der Waals surface area contributed by atoms with Crippen molar-refractivity contribution in [3.05, 3.63) is 32.8 Å². The molecule has 1 aliphatic rings. The van der Waals surface area contributed by atoms with Gasteiger partial charge in [0.2, 0.25) is 0 Å². The number of fused-ring (bicyclic) bond motifs is 1. The molecule has 0 aromatic heterocycles. The van der Waals surface area contributed by atoms with Crippen LogP contribution in [0, 0.1) is 5.41 Å². The van der Waals surface area contributed by atoms with E-state index in [1.165, 1.54) is 0 Å². The van der Waals surface area contributed by atoms with E-state index in [1.54, 1.807) is 20.8 Å². The first-order valence-corrected chi connectivity index (χ1v) is 6.57. The first-order valence-electron chi connectivity index (χ1n) is 5.81. The fourth-order valence-electron chi connectivity index (χ4n) is 2.09. The molecular formula is C14H12Cl2O4. The van der Waals surface area contributed by atoms with Crippen molar-refractivity contribution < 1.29 is 19.8 Å². The molecule has 0 atom stereocenters. The van der Waals surface area contributed by atoms with Gasteiger partial charge in [0.05, 0.1) is 11.1 Å². The summed E-state index contributed by atoms with van der Waals surface area (Å²) >= 11 is 11.5. The maximum atomic E-state index is 12.5. The normalized spacial score (nSPS) is 15.2. The molecule has 2 rings (SSSR count). The third-order valence-corrected chi connectivity index (χ3v) is 3.97. The number of benzene rings is 1. The number of carbonyl (C=O) groups is 2. The minimum Gasteiger partial charge on any atom is -0.506 e. The molecule has 6 heteroatoms. The largest absolute Gasteiger partial charge is 0.506 e. The van der Waals surface area contributed by atoms with Crippen LogP contribution in [0.25, 0.3) is 0 Å². The highest BCUT2D eigenvalue weighted by molar-refractivity contribution is 6.45. The minimum atomic E-state index is -0.591. The number of phenolic OH excluding ortho intramolecular Hbond substituents is 2. The molecule has 0 saturated carbocycles. The molecule has 0 bridgehead atoms. The van der Waals surface area contributed by atoms with E-state index in [2.05, 4.69) is 0 Å². The number of allylic oxidation sites excluding steroid dienone is 2. The molecule has 0 radical (unpaired) electrons. The van der Waals surface area contributed by atoms with Crippen molar-refractivity contribution in [3.8, 4) is 11.5 Å². The van der Waals surface area contributed by atoms with Crippen LogP contribution >= 0.6 is 23.2 Å². The minimum absolute atomic E-state index is 0.239. The third kappa shape index (κ3) is 2.00. The summed E-state index contributed by atoms with van der Waals surface area (Å²) in [5.41, 5.74) is -0.953. The second-order valence-electron chi connectivity index (χ2n) is 5.58. The number of hydrogen-bond acceptors (Lipinski definition) is 4. The van der Waals surface area contributed by atoms with Crippen molar-refractivity contribution in [3.63, 3.8) is 0 Å². The third-order valence-electron chi connectivity index (χ3n) is 3.13. The summed E-state index contributed by atoms with van der Waals surface area (Å²) in [7, 11) is 0. The van der Waals surface area contributed by atoms with Gasteiger partial charge in [-0.3, -0.25) is 9.59 Å². The molecule has 1 aromatic carbocycles. The van der Waals surface area contributed by atoms with E-state index in [1.807, 2.05) is 0 Å². The number of hydrogen-bond donors (Lipinski definition) is 2. The zero-order valence-electron chi connectivity index (χ0n) is 11.0. The molecule has 0 spiro atoms. The zero-order valence-corrected chi connectivity index (χ0v) is 12.6. The van der Waals surface area contributed by atoms with Crippen LogP contribution in [0.3, 0.4) is 0 Å². The summed E-state index contributed by atoms with van der Waals surface area (Å²) in [6, 6.07) is 0. The molecule has 1 aromatic rings. The van der Waals surface area contributed by atoms with Crippen LogP contribution in [0.5, 0.6) is 11.5 Å². The molecule has 0 fully saturated rings. The van der Waals surface area contributed by atoms with E-state index in [-0.39, 0.29) is 26.7 Å². The molecule has 1 aliphatic carbocycles. The summed E-state index contributed by atoms with van der Waals surface area (Å²) in [6.45, 7) is 5.30. The number of Topliss-reactive ketones (excluding diaryl/α,β-unsaturated/α-hetero) is 1. The van der Waals surface area contributed by atoms with E-state index in [9.17, 15) is 19.8 Å². The van der Waals surface area contributed by atoms with E-state index in [4.69, 9.17) is 23.2 Å². The average molecular weight is 315 g/mol. The molecule has 0 unspecified atom stereocenters. The Hall–Kier alpha value is -1.52. The van der Waals surface area contributed by atoms with Crippen molar-refractivity contribution in [2.75, 3.05) is 0 Å². The Morgan fingerprint density at radius 1 is 0.950 bits per heavy atom. The fourth-order valence-corrected chi connectivity index (χ4v) is 2.45. The van der Waals surface area contributed by atoms with Crippen LogP contribution in [-0.4, -0.2) is 21.8 Å². The van der Waals surface area contributed by atoms with Crippen molar-refractivity contribution >= 4 is 34.8 Å². The standard InChI is InChI=1S/C14H12Cl2O4/c1-14(2,3)5-4-6(17)7-8(11(5)18)13(20)10(16)9(15)12(7)19/h4,19-20H,1-3H3.